The van der Waals surface area contributed by atoms with Gasteiger partial charge in [-0.05, 0) is 53.8 Å². The minimum absolute atomic E-state index is 0.0246. The number of aliphatic carboxylic acids is 1. The van der Waals surface area contributed by atoms with Crippen LogP contribution in [0.2, 0.25) is 0 Å². The van der Waals surface area contributed by atoms with Gasteiger partial charge >= 0.3 is 5.97 Å². The number of carboxylic acid groups (broad SMARTS) is 1. The Hall–Kier alpha value is -2.97. The fourth-order valence-corrected chi connectivity index (χ4v) is 8.03. The lowest BCUT2D eigenvalue weighted by Crippen LogP contribution is -2.41. The molecule has 3 aromatic rings. The van der Waals surface area contributed by atoms with E-state index < -0.39 is 32.9 Å². The molecule has 2 heterocycles. The van der Waals surface area contributed by atoms with Gasteiger partial charge in [0.15, 0.2) is 9.84 Å². The molecule has 0 aliphatic carbocycles. The third-order valence-electron chi connectivity index (χ3n) is 6.00. The van der Waals surface area contributed by atoms with Crippen molar-refractivity contribution in [3.63, 3.8) is 0 Å². The van der Waals surface area contributed by atoms with E-state index in [9.17, 15) is 23.1 Å². The van der Waals surface area contributed by atoms with Crippen molar-refractivity contribution in [2.75, 3.05) is 5.75 Å². The Morgan fingerprint density at radius 1 is 0.906 bits per heavy atom. The molecule has 1 aromatic heterocycles. The molecule has 0 bridgehead atoms. The van der Waals surface area contributed by atoms with E-state index in [2.05, 4.69) is 0 Å². The lowest BCUT2D eigenvalue weighted by atomic mass is 9.95. The van der Waals surface area contributed by atoms with Gasteiger partial charge in [0, 0.05) is 15.3 Å². The van der Waals surface area contributed by atoms with Crippen LogP contribution in [0, 0.1) is 0 Å². The highest BCUT2D eigenvalue weighted by molar-refractivity contribution is 7.92. The van der Waals surface area contributed by atoms with Gasteiger partial charge in [-0.3, -0.25) is 9.59 Å². The number of primary amides is 1. The third-order valence-corrected chi connectivity index (χ3v) is 10.1. The van der Waals surface area contributed by atoms with Gasteiger partial charge < -0.3 is 10.8 Å². The van der Waals surface area contributed by atoms with Gasteiger partial charge in [-0.2, -0.15) is 0 Å². The number of amides is 1. The molecule has 0 spiro atoms. The summed E-state index contributed by atoms with van der Waals surface area (Å²) >= 11 is 1.35. The molecule has 0 radical (unpaired) electrons. The number of carbonyl (C=O) groups is 2. The van der Waals surface area contributed by atoms with E-state index in [1.807, 2.05) is 42.5 Å². The Morgan fingerprint density at radius 3 is 2.06 bits per heavy atom. The minimum Gasteiger partial charge on any atom is -0.481 e. The van der Waals surface area contributed by atoms with Crippen LogP contribution < -0.4 is 5.73 Å². The molecule has 6 nitrogen and oxygen atoms in total. The minimum atomic E-state index is -3.56. The van der Waals surface area contributed by atoms with Crippen molar-refractivity contribution in [1.29, 1.82) is 0 Å². The molecule has 32 heavy (non-hydrogen) atoms. The van der Waals surface area contributed by atoms with Crippen LogP contribution in [0.15, 0.2) is 60.7 Å². The first-order chi connectivity index (χ1) is 15.2. The van der Waals surface area contributed by atoms with E-state index in [-0.39, 0.29) is 5.75 Å². The molecule has 0 unspecified atom stereocenters. The van der Waals surface area contributed by atoms with Crippen LogP contribution in [0.3, 0.4) is 0 Å². The molecular formula is C24H23NO5S2. The second kappa shape index (κ2) is 8.52. The number of carboxylic acids is 1. The average Bonchev–Trinajstić information content (AvgIpc) is 3.26. The van der Waals surface area contributed by atoms with Gasteiger partial charge in [-0.1, -0.05) is 42.8 Å². The summed E-state index contributed by atoms with van der Waals surface area (Å²) in [5, 5.41) is 9.45. The molecule has 1 amide bonds. The highest BCUT2D eigenvalue weighted by atomic mass is 32.2. The van der Waals surface area contributed by atoms with Gasteiger partial charge in [0.05, 0.1) is 12.2 Å². The van der Waals surface area contributed by atoms with E-state index in [0.717, 1.165) is 21.6 Å². The predicted molar refractivity (Wildman–Crippen MR) is 125 cm³/mol. The highest BCUT2D eigenvalue weighted by Gasteiger charge is 2.49. The first-order valence-electron chi connectivity index (χ1n) is 10.3. The van der Waals surface area contributed by atoms with E-state index in [0.29, 0.717) is 29.7 Å². The SMILES string of the molecule is NC(=O)c1ccc(-c2ccc(-c3ccc([C@@]4(CC(=O)O)CCCCS4(=O)=O)s3)cc2)cc1. The van der Waals surface area contributed by atoms with E-state index in [4.69, 9.17) is 5.73 Å². The van der Waals surface area contributed by atoms with Gasteiger partial charge in [0.1, 0.15) is 4.75 Å². The summed E-state index contributed by atoms with van der Waals surface area (Å²) in [6.45, 7) is 0. The summed E-state index contributed by atoms with van der Waals surface area (Å²) in [6, 6.07) is 18.5. The largest absolute Gasteiger partial charge is 0.481 e. The molecule has 8 heteroatoms. The molecule has 2 aromatic carbocycles. The summed E-state index contributed by atoms with van der Waals surface area (Å²) < 4.78 is 24.6. The molecular weight excluding hydrogens is 446 g/mol. The van der Waals surface area contributed by atoms with E-state index in [1.165, 1.54) is 11.3 Å². The first-order valence-corrected chi connectivity index (χ1v) is 12.7. The van der Waals surface area contributed by atoms with Gasteiger partial charge in [0.25, 0.3) is 0 Å². The molecule has 166 valence electrons. The van der Waals surface area contributed by atoms with Crippen LogP contribution in [0.25, 0.3) is 21.6 Å². The summed E-state index contributed by atoms with van der Waals surface area (Å²) in [5.41, 5.74) is 8.58. The normalized spacial score (nSPS) is 20.0. The number of nitrogens with two attached hydrogens (primary N) is 1. The van der Waals surface area contributed by atoms with Crippen molar-refractivity contribution in [3.8, 4) is 21.6 Å². The number of thiophene rings is 1. The van der Waals surface area contributed by atoms with Gasteiger partial charge in [-0.15, -0.1) is 11.3 Å². The molecule has 1 aliphatic rings. The molecule has 4 rings (SSSR count). The van der Waals surface area contributed by atoms with Crippen molar-refractivity contribution in [1.82, 2.24) is 0 Å². The lowest BCUT2D eigenvalue weighted by Gasteiger charge is -2.34. The zero-order chi connectivity index (χ0) is 22.9. The number of carbonyl (C=O) groups excluding carboxylic acids is 1. The van der Waals surface area contributed by atoms with Crippen molar-refractivity contribution in [3.05, 3.63) is 71.1 Å². The Kier molecular flexibility index (Phi) is 5.92. The second-order valence-corrected chi connectivity index (χ2v) is 11.5. The van der Waals surface area contributed by atoms with Crippen LogP contribution in [0.5, 0.6) is 0 Å². The lowest BCUT2D eigenvalue weighted by molar-refractivity contribution is -0.137. The van der Waals surface area contributed by atoms with Gasteiger partial charge in [-0.25, -0.2) is 8.42 Å². The standard InChI is InChI=1S/C24H23NO5S2/c25-23(28)19-9-5-17(6-10-19)16-3-7-18(8-4-16)20-11-12-21(31-20)24(15-22(26)27)13-1-2-14-32(24,29)30/h3-12H,1-2,13-15H2,(H2,25,28)(H,26,27)/t24-/m0/s1. The summed E-state index contributed by atoms with van der Waals surface area (Å²) in [5.74, 6) is -1.55. The predicted octanol–water partition coefficient (Wildman–Crippen LogP) is 4.45. The Labute approximate surface area is 190 Å². The molecule has 1 aliphatic heterocycles. The highest BCUT2D eigenvalue weighted by Crippen LogP contribution is 2.47. The maximum atomic E-state index is 13.0. The second-order valence-electron chi connectivity index (χ2n) is 8.02. The smallest absolute Gasteiger partial charge is 0.305 e. The summed E-state index contributed by atoms with van der Waals surface area (Å²) in [6.07, 6.45) is 1.20. The number of rotatable bonds is 6. The van der Waals surface area contributed by atoms with Crippen molar-refractivity contribution in [2.45, 2.75) is 30.4 Å². The zero-order valence-electron chi connectivity index (χ0n) is 17.3. The van der Waals surface area contributed by atoms with Crippen molar-refractivity contribution in [2.24, 2.45) is 5.73 Å². The quantitative estimate of drug-likeness (QED) is 0.553. The molecule has 1 saturated heterocycles. The number of hydrogen-bond acceptors (Lipinski definition) is 5. The first kappa shape index (κ1) is 22.2. The van der Waals surface area contributed by atoms with Crippen LogP contribution in [0.1, 0.15) is 40.9 Å². The Morgan fingerprint density at radius 2 is 1.50 bits per heavy atom. The molecule has 0 saturated carbocycles. The maximum Gasteiger partial charge on any atom is 0.305 e. The van der Waals surface area contributed by atoms with Crippen LogP contribution in [-0.4, -0.2) is 31.2 Å². The van der Waals surface area contributed by atoms with E-state index in [1.54, 1.807) is 18.2 Å². The van der Waals surface area contributed by atoms with E-state index >= 15 is 0 Å². The topological polar surface area (TPSA) is 115 Å². The number of benzene rings is 2. The summed E-state index contributed by atoms with van der Waals surface area (Å²) in [7, 11) is -3.56. The summed E-state index contributed by atoms with van der Waals surface area (Å²) in [4.78, 5) is 24.3. The number of sulfone groups is 1. The molecule has 1 fully saturated rings. The zero-order valence-corrected chi connectivity index (χ0v) is 18.9. The third kappa shape index (κ3) is 4.08. The molecule has 1 atom stereocenters. The van der Waals surface area contributed by atoms with Gasteiger partial charge in [0.2, 0.25) is 5.91 Å². The number of hydrogen-bond donors (Lipinski definition) is 2. The fourth-order valence-electron chi connectivity index (χ4n) is 4.25. The van der Waals surface area contributed by atoms with Crippen LogP contribution in [-0.2, 0) is 19.4 Å². The maximum absolute atomic E-state index is 13.0. The monoisotopic (exact) mass is 469 g/mol. The van der Waals surface area contributed by atoms with Crippen LogP contribution in [0.4, 0.5) is 0 Å². The fraction of sp³-hybridized carbons (Fsp3) is 0.250. The molecule has 3 N–H and O–H groups in total. The van der Waals surface area contributed by atoms with Crippen LogP contribution >= 0.6 is 11.3 Å². The Balaban J connectivity index is 1.64. The van der Waals surface area contributed by atoms with Crippen molar-refractivity contribution >= 4 is 33.1 Å². The van der Waals surface area contributed by atoms with Crippen molar-refractivity contribution < 1.29 is 23.1 Å². The Bertz CT molecular complexity index is 1260. The average molecular weight is 470 g/mol.